The van der Waals surface area contributed by atoms with E-state index in [2.05, 4.69) is 11.9 Å². The minimum Gasteiger partial charge on any atom is -0.469 e. The predicted molar refractivity (Wildman–Crippen MR) is 74.9 cm³/mol. The minimum absolute atomic E-state index is 0.0788. The summed E-state index contributed by atoms with van der Waals surface area (Å²) in [6, 6.07) is 2.02. The van der Waals surface area contributed by atoms with Crippen LogP contribution >= 0.6 is 0 Å². The van der Waals surface area contributed by atoms with Crippen molar-refractivity contribution in [3.63, 3.8) is 0 Å². The highest BCUT2D eigenvalue weighted by Crippen LogP contribution is 2.11. The molecule has 0 aliphatic heterocycles. The van der Waals surface area contributed by atoms with Crippen LogP contribution in [0.4, 0.5) is 0 Å². The Hall–Kier alpha value is -1.29. The Morgan fingerprint density at radius 2 is 2.16 bits per heavy atom. The van der Waals surface area contributed by atoms with E-state index in [1.807, 2.05) is 19.9 Å². The summed E-state index contributed by atoms with van der Waals surface area (Å²) >= 11 is 0. The number of rotatable bonds is 9. The number of nitrogens with zero attached hydrogens (tertiary/aromatic N) is 1. The number of furan rings is 1. The topological polar surface area (TPSA) is 42.7 Å². The van der Waals surface area contributed by atoms with Gasteiger partial charge in [-0.3, -0.25) is 4.79 Å². The summed E-state index contributed by atoms with van der Waals surface area (Å²) in [6.07, 6.45) is 5.36. The first-order valence-electron chi connectivity index (χ1n) is 7.00. The highest BCUT2D eigenvalue weighted by molar-refractivity contribution is 5.69. The summed E-state index contributed by atoms with van der Waals surface area (Å²) in [4.78, 5) is 13.4. The Morgan fingerprint density at radius 1 is 1.37 bits per heavy atom. The van der Waals surface area contributed by atoms with Crippen LogP contribution in [0, 0.1) is 6.92 Å². The van der Waals surface area contributed by atoms with E-state index in [0.717, 1.165) is 38.1 Å². The van der Waals surface area contributed by atoms with E-state index in [0.29, 0.717) is 13.0 Å². The maximum absolute atomic E-state index is 11.1. The molecule has 0 spiro atoms. The van der Waals surface area contributed by atoms with Crippen LogP contribution in [0.3, 0.4) is 0 Å². The third kappa shape index (κ3) is 6.43. The van der Waals surface area contributed by atoms with Crippen molar-refractivity contribution in [3.05, 3.63) is 23.7 Å². The zero-order chi connectivity index (χ0) is 14.1. The number of aryl methyl sites for hydroxylation is 1. The second kappa shape index (κ2) is 8.75. The first kappa shape index (κ1) is 15.8. The monoisotopic (exact) mass is 267 g/mol. The molecule has 0 atom stereocenters. The van der Waals surface area contributed by atoms with Crippen molar-refractivity contribution in [3.8, 4) is 0 Å². The minimum atomic E-state index is -0.0788. The molecule has 4 nitrogen and oxygen atoms in total. The van der Waals surface area contributed by atoms with E-state index in [-0.39, 0.29) is 5.97 Å². The third-order valence-corrected chi connectivity index (χ3v) is 3.13. The lowest BCUT2D eigenvalue weighted by atomic mass is 10.2. The average Bonchev–Trinajstić information content (AvgIpc) is 2.75. The lowest BCUT2D eigenvalue weighted by Gasteiger charge is -2.15. The summed E-state index contributed by atoms with van der Waals surface area (Å²) < 4.78 is 10.2. The van der Waals surface area contributed by atoms with Gasteiger partial charge < -0.3 is 14.1 Å². The van der Waals surface area contributed by atoms with E-state index in [1.165, 1.54) is 5.56 Å². The molecule has 1 heterocycles. The Morgan fingerprint density at radius 3 is 2.79 bits per heavy atom. The number of unbranched alkanes of at least 4 members (excludes halogenated alkanes) is 2. The van der Waals surface area contributed by atoms with Crippen LogP contribution in [-0.2, 0) is 16.1 Å². The van der Waals surface area contributed by atoms with E-state index in [4.69, 9.17) is 9.15 Å². The van der Waals surface area contributed by atoms with Crippen molar-refractivity contribution in [1.82, 2.24) is 4.90 Å². The van der Waals surface area contributed by atoms with Gasteiger partial charge in [0, 0.05) is 18.5 Å². The molecule has 0 unspecified atom stereocenters. The van der Waals surface area contributed by atoms with Gasteiger partial charge in [0.1, 0.15) is 5.76 Å². The van der Waals surface area contributed by atoms with E-state index >= 15 is 0 Å². The Labute approximate surface area is 115 Å². The SMILES string of the molecule is CCOC(=O)CCCCCN(C)Cc1ccoc1C. The highest BCUT2D eigenvalue weighted by Gasteiger charge is 2.05. The molecular formula is C15H25NO3. The molecule has 0 aliphatic rings. The van der Waals surface area contributed by atoms with Crippen LogP contribution in [0.15, 0.2) is 16.7 Å². The first-order valence-corrected chi connectivity index (χ1v) is 7.00. The molecule has 0 aliphatic carbocycles. The molecule has 0 amide bonds. The largest absolute Gasteiger partial charge is 0.469 e. The fourth-order valence-electron chi connectivity index (χ4n) is 2.01. The first-order chi connectivity index (χ1) is 9.13. The van der Waals surface area contributed by atoms with Crippen molar-refractivity contribution in [2.24, 2.45) is 0 Å². The number of hydrogen-bond acceptors (Lipinski definition) is 4. The van der Waals surface area contributed by atoms with E-state index in [1.54, 1.807) is 6.26 Å². The molecule has 0 bridgehead atoms. The average molecular weight is 267 g/mol. The third-order valence-electron chi connectivity index (χ3n) is 3.13. The van der Waals surface area contributed by atoms with Crippen molar-refractivity contribution >= 4 is 5.97 Å². The van der Waals surface area contributed by atoms with Gasteiger partial charge >= 0.3 is 5.97 Å². The number of carbonyl (C=O) groups is 1. The molecule has 108 valence electrons. The lowest BCUT2D eigenvalue weighted by Crippen LogP contribution is -2.19. The van der Waals surface area contributed by atoms with Gasteiger partial charge in [-0.25, -0.2) is 0 Å². The van der Waals surface area contributed by atoms with E-state index in [9.17, 15) is 4.79 Å². The Balaban J connectivity index is 2.06. The van der Waals surface area contributed by atoms with Crippen LogP contribution in [0.1, 0.15) is 43.9 Å². The molecule has 0 radical (unpaired) electrons. The van der Waals surface area contributed by atoms with Gasteiger partial charge in [0.2, 0.25) is 0 Å². The van der Waals surface area contributed by atoms with Crippen LogP contribution < -0.4 is 0 Å². The number of carbonyl (C=O) groups excluding carboxylic acids is 1. The number of hydrogen-bond donors (Lipinski definition) is 0. The van der Waals surface area contributed by atoms with Crippen LogP contribution in [0.5, 0.6) is 0 Å². The Bertz CT molecular complexity index is 373. The molecule has 0 saturated heterocycles. The normalized spacial score (nSPS) is 10.9. The molecule has 1 aromatic rings. The number of ether oxygens (including phenoxy) is 1. The molecule has 1 rings (SSSR count). The van der Waals surface area contributed by atoms with Crippen molar-refractivity contribution in [1.29, 1.82) is 0 Å². The van der Waals surface area contributed by atoms with Crippen molar-refractivity contribution < 1.29 is 13.9 Å². The van der Waals surface area contributed by atoms with Gasteiger partial charge in [-0.2, -0.15) is 0 Å². The standard InChI is InChI=1S/C15H25NO3/c1-4-18-15(17)8-6-5-7-10-16(3)12-14-9-11-19-13(14)2/h9,11H,4-8,10,12H2,1-3H3. The molecule has 0 N–H and O–H groups in total. The maximum Gasteiger partial charge on any atom is 0.305 e. The molecule has 0 saturated carbocycles. The summed E-state index contributed by atoms with van der Waals surface area (Å²) in [5, 5.41) is 0. The lowest BCUT2D eigenvalue weighted by molar-refractivity contribution is -0.143. The van der Waals surface area contributed by atoms with Crippen LogP contribution in [0.2, 0.25) is 0 Å². The molecular weight excluding hydrogens is 242 g/mol. The van der Waals surface area contributed by atoms with Gasteiger partial charge in [0.05, 0.1) is 12.9 Å². The zero-order valence-electron chi connectivity index (χ0n) is 12.3. The van der Waals surface area contributed by atoms with E-state index < -0.39 is 0 Å². The fourth-order valence-corrected chi connectivity index (χ4v) is 2.01. The second-order valence-corrected chi connectivity index (χ2v) is 4.86. The van der Waals surface area contributed by atoms with Crippen LogP contribution in [0.25, 0.3) is 0 Å². The quantitative estimate of drug-likeness (QED) is 0.509. The molecule has 1 aromatic heterocycles. The van der Waals surface area contributed by atoms with Gasteiger partial charge in [0.15, 0.2) is 0 Å². The van der Waals surface area contributed by atoms with Gasteiger partial charge in [-0.05, 0) is 46.3 Å². The molecule has 0 aromatic carbocycles. The second-order valence-electron chi connectivity index (χ2n) is 4.86. The van der Waals surface area contributed by atoms with Gasteiger partial charge in [0.25, 0.3) is 0 Å². The summed E-state index contributed by atoms with van der Waals surface area (Å²) in [6.45, 7) is 6.26. The van der Waals surface area contributed by atoms with Crippen LogP contribution in [-0.4, -0.2) is 31.1 Å². The van der Waals surface area contributed by atoms with Crippen molar-refractivity contribution in [2.75, 3.05) is 20.2 Å². The Kier molecular flexibility index (Phi) is 7.26. The summed E-state index contributed by atoms with van der Waals surface area (Å²) in [5.74, 6) is 0.916. The molecule has 4 heteroatoms. The fraction of sp³-hybridized carbons (Fsp3) is 0.667. The summed E-state index contributed by atoms with van der Waals surface area (Å²) in [5.41, 5.74) is 1.24. The number of esters is 1. The zero-order valence-corrected chi connectivity index (χ0v) is 12.3. The molecule has 19 heavy (non-hydrogen) atoms. The highest BCUT2D eigenvalue weighted by atomic mass is 16.5. The van der Waals surface area contributed by atoms with Crippen molar-refractivity contribution in [2.45, 2.75) is 46.1 Å². The maximum atomic E-state index is 11.1. The van der Waals surface area contributed by atoms with Gasteiger partial charge in [-0.1, -0.05) is 6.42 Å². The molecule has 0 fully saturated rings. The summed E-state index contributed by atoms with van der Waals surface area (Å²) in [7, 11) is 2.11. The van der Waals surface area contributed by atoms with Gasteiger partial charge in [-0.15, -0.1) is 0 Å². The predicted octanol–water partition coefficient (Wildman–Crippen LogP) is 3.14. The smallest absolute Gasteiger partial charge is 0.305 e.